The van der Waals surface area contributed by atoms with Crippen molar-refractivity contribution in [2.45, 2.75) is 71.6 Å². The number of carbonyl (C=O) groups excluding carboxylic acids is 2. The van der Waals surface area contributed by atoms with Crippen LogP contribution in [0.5, 0.6) is 5.75 Å². The number of nitrogens with zero attached hydrogens (tertiary/aromatic N) is 5. The number of carbonyl (C=O) groups is 2. The summed E-state index contributed by atoms with van der Waals surface area (Å²) in [6.07, 6.45) is 0.227. The summed E-state index contributed by atoms with van der Waals surface area (Å²) in [6, 6.07) is 3.84. The predicted molar refractivity (Wildman–Crippen MR) is 187 cm³/mol. The van der Waals surface area contributed by atoms with Crippen molar-refractivity contribution in [1.29, 1.82) is 0 Å². The Balaban J connectivity index is 2.02. The van der Waals surface area contributed by atoms with E-state index >= 15 is 8.78 Å². The fourth-order valence-electron chi connectivity index (χ4n) is 6.51. The van der Waals surface area contributed by atoms with Crippen molar-refractivity contribution < 1.29 is 37.5 Å². The Labute approximate surface area is 297 Å². The number of fused-ring (bicyclic) bond motifs is 1. The smallest absolute Gasteiger partial charge is 0.410 e. The molecule has 1 aliphatic rings. The number of piperazine rings is 1. The van der Waals surface area contributed by atoms with Gasteiger partial charge in [-0.2, -0.15) is 0 Å². The molecule has 1 fully saturated rings. The number of methoxy groups -OCH3 is 2. The topological polar surface area (TPSA) is 168 Å². The second-order valence-electron chi connectivity index (χ2n) is 13.6. The van der Waals surface area contributed by atoms with Gasteiger partial charge in [-0.3, -0.25) is 34.2 Å². The third-order valence-corrected chi connectivity index (χ3v) is 8.67. The fraction of sp³-hybridized carbons (Fsp3) is 0.417. The Kier molecular flexibility index (Phi) is 10.6. The molecule has 2 unspecified atom stereocenters. The first-order chi connectivity index (χ1) is 24.5. The van der Waals surface area contributed by atoms with Gasteiger partial charge in [0.15, 0.2) is 5.82 Å². The van der Waals surface area contributed by atoms with Crippen molar-refractivity contribution in [3.8, 4) is 22.7 Å². The lowest BCUT2D eigenvalue weighted by molar-refractivity contribution is -0.387. The van der Waals surface area contributed by atoms with Crippen LogP contribution in [-0.2, 0) is 14.3 Å². The van der Waals surface area contributed by atoms with Crippen LogP contribution in [-0.4, -0.2) is 75.4 Å². The van der Waals surface area contributed by atoms with E-state index in [-0.39, 0.29) is 47.0 Å². The lowest BCUT2D eigenvalue weighted by Crippen LogP contribution is -2.56. The second kappa shape index (κ2) is 14.6. The number of hydrogen-bond acceptors (Lipinski definition) is 11. The number of nitrogens with one attached hydrogen (secondary N) is 1. The Morgan fingerprint density at radius 1 is 1.15 bits per heavy atom. The maximum atomic E-state index is 16.6. The van der Waals surface area contributed by atoms with E-state index in [1.807, 2.05) is 13.8 Å². The molecule has 0 bridgehead atoms. The van der Waals surface area contributed by atoms with Crippen molar-refractivity contribution in [2.75, 3.05) is 27.3 Å². The third-order valence-electron chi connectivity index (χ3n) is 8.67. The monoisotopic (exact) mass is 722 g/mol. The van der Waals surface area contributed by atoms with Gasteiger partial charge in [0.25, 0.3) is 0 Å². The fourth-order valence-corrected chi connectivity index (χ4v) is 6.51. The molecular formula is C36H40F2N6O8. The number of esters is 1. The first-order valence-corrected chi connectivity index (χ1v) is 16.5. The number of hydrogen-bond donors (Lipinski definition) is 1. The van der Waals surface area contributed by atoms with Gasteiger partial charge >= 0.3 is 23.3 Å². The maximum absolute atomic E-state index is 16.6. The highest BCUT2D eigenvalue weighted by Gasteiger charge is 2.45. The van der Waals surface area contributed by atoms with Gasteiger partial charge in [0.1, 0.15) is 28.5 Å². The first-order valence-electron chi connectivity index (χ1n) is 16.5. The van der Waals surface area contributed by atoms with Gasteiger partial charge in [-0.15, -0.1) is 0 Å². The zero-order valence-electron chi connectivity index (χ0n) is 30.1. The number of amides is 1. The Morgan fingerprint density at radius 2 is 1.87 bits per heavy atom. The van der Waals surface area contributed by atoms with Gasteiger partial charge < -0.3 is 19.5 Å². The molecule has 5 rings (SSSR count). The number of ether oxygens (including phenoxy) is 3. The van der Waals surface area contributed by atoms with Gasteiger partial charge in [-0.25, -0.2) is 18.6 Å². The average Bonchev–Trinajstić information content (AvgIpc) is 3.07. The molecular weight excluding hydrogens is 682 g/mol. The number of benzene rings is 1. The summed E-state index contributed by atoms with van der Waals surface area (Å²) in [6.45, 7) is 10.3. The molecule has 1 aliphatic heterocycles. The van der Waals surface area contributed by atoms with Crippen molar-refractivity contribution in [3.63, 3.8) is 0 Å². The molecule has 0 spiro atoms. The van der Waals surface area contributed by atoms with E-state index in [2.05, 4.69) is 15.3 Å². The molecule has 4 aromatic rings. The maximum Gasteiger partial charge on any atom is 0.410 e. The normalized spacial score (nSPS) is 16.2. The molecule has 1 amide bonds. The highest BCUT2D eigenvalue weighted by atomic mass is 19.1. The quantitative estimate of drug-likeness (QED) is 0.131. The van der Waals surface area contributed by atoms with Gasteiger partial charge in [-0.1, -0.05) is 19.9 Å². The third kappa shape index (κ3) is 7.02. The van der Waals surface area contributed by atoms with E-state index < -0.39 is 75.2 Å². The standard InChI is InChI=1S/C36H40F2N6O8/c1-18(2)28-30(19(3)12-13-40-28)43-33-20(16-22(38)29(41-33)27-21(37)10-9-11-24(27)50-7)26(32(34(43)46)44(48)49)31-23(17-25(45)51-8)39-14-15-42(31)35(47)52-36(4,5)6/h9-13,16,18,23,31,39H,14-15,17H2,1-8H3. The highest BCUT2D eigenvalue weighted by Crippen LogP contribution is 2.42. The molecule has 1 aromatic carbocycles. The molecule has 0 saturated carbocycles. The van der Waals surface area contributed by atoms with E-state index in [0.717, 1.165) is 23.8 Å². The molecule has 4 heterocycles. The summed E-state index contributed by atoms with van der Waals surface area (Å²) in [5.74, 6) is -3.09. The SMILES string of the molecule is COC(=O)CC1NCCN(C(=O)OC(C)(C)C)C1c1c([N+](=O)[O-])c(=O)n(-c2c(C)ccnc2C(C)C)c2nc(-c3c(F)cccc3OC)c(F)cc12. The molecule has 3 aromatic heterocycles. The van der Waals surface area contributed by atoms with Crippen LogP contribution in [0.2, 0.25) is 0 Å². The predicted octanol–water partition coefficient (Wildman–Crippen LogP) is 5.89. The van der Waals surface area contributed by atoms with E-state index in [1.54, 1.807) is 33.8 Å². The molecule has 14 nitrogen and oxygen atoms in total. The number of halogens is 2. The van der Waals surface area contributed by atoms with Crippen LogP contribution in [0.4, 0.5) is 19.3 Å². The molecule has 1 saturated heterocycles. The molecule has 2 atom stereocenters. The molecule has 1 N–H and O–H groups in total. The number of aryl methyl sites for hydroxylation is 1. The zero-order valence-corrected chi connectivity index (χ0v) is 30.1. The van der Waals surface area contributed by atoms with E-state index in [1.165, 1.54) is 30.3 Å². The summed E-state index contributed by atoms with van der Waals surface area (Å²) in [7, 11) is 2.43. The largest absolute Gasteiger partial charge is 0.496 e. The summed E-state index contributed by atoms with van der Waals surface area (Å²) < 4.78 is 49.0. The van der Waals surface area contributed by atoms with Crippen LogP contribution in [0.15, 0.2) is 41.3 Å². The Hall–Kier alpha value is -5.51. The van der Waals surface area contributed by atoms with Gasteiger partial charge in [0.05, 0.1) is 54.1 Å². The van der Waals surface area contributed by atoms with E-state index in [0.29, 0.717) is 11.3 Å². The number of pyridine rings is 3. The second-order valence-corrected chi connectivity index (χ2v) is 13.6. The van der Waals surface area contributed by atoms with Crippen molar-refractivity contribution in [3.05, 3.63) is 85.5 Å². The van der Waals surface area contributed by atoms with Crippen LogP contribution < -0.4 is 15.6 Å². The van der Waals surface area contributed by atoms with E-state index in [4.69, 9.17) is 14.2 Å². The summed E-state index contributed by atoms with van der Waals surface area (Å²) >= 11 is 0. The summed E-state index contributed by atoms with van der Waals surface area (Å²) in [5.41, 5.74) is -3.76. The Bertz CT molecular complexity index is 2130. The average molecular weight is 723 g/mol. The lowest BCUT2D eigenvalue weighted by atomic mass is 9.89. The highest BCUT2D eigenvalue weighted by molar-refractivity contribution is 5.89. The van der Waals surface area contributed by atoms with Crippen LogP contribution in [0, 0.1) is 28.7 Å². The Morgan fingerprint density at radius 3 is 2.48 bits per heavy atom. The van der Waals surface area contributed by atoms with Gasteiger partial charge in [0.2, 0.25) is 0 Å². The van der Waals surface area contributed by atoms with Crippen molar-refractivity contribution in [2.24, 2.45) is 0 Å². The first kappa shape index (κ1) is 37.7. The van der Waals surface area contributed by atoms with Crippen LogP contribution >= 0.6 is 0 Å². The van der Waals surface area contributed by atoms with Gasteiger partial charge in [-0.05, 0) is 63.4 Å². The van der Waals surface area contributed by atoms with Crippen LogP contribution in [0.1, 0.15) is 69.8 Å². The molecule has 52 heavy (non-hydrogen) atoms. The number of nitro groups is 1. The van der Waals surface area contributed by atoms with Gasteiger partial charge in [0, 0.05) is 30.7 Å². The van der Waals surface area contributed by atoms with Crippen molar-refractivity contribution in [1.82, 2.24) is 24.8 Å². The van der Waals surface area contributed by atoms with Crippen LogP contribution in [0.25, 0.3) is 28.0 Å². The summed E-state index contributed by atoms with van der Waals surface area (Å²) in [5, 5.41) is 16.0. The zero-order chi connectivity index (χ0) is 38.2. The minimum Gasteiger partial charge on any atom is -0.496 e. The lowest BCUT2D eigenvalue weighted by Gasteiger charge is -2.42. The minimum atomic E-state index is -1.46. The number of rotatable bonds is 8. The molecule has 16 heteroatoms. The summed E-state index contributed by atoms with van der Waals surface area (Å²) in [4.78, 5) is 63.8. The number of aromatic nitrogens is 3. The molecule has 0 radical (unpaired) electrons. The molecule has 276 valence electrons. The minimum absolute atomic E-state index is 0.0621. The van der Waals surface area contributed by atoms with Crippen LogP contribution in [0.3, 0.4) is 0 Å². The van der Waals surface area contributed by atoms with Crippen molar-refractivity contribution >= 4 is 28.8 Å². The molecule has 0 aliphatic carbocycles. The van der Waals surface area contributed by atoms with E-state index in [9.17, 15) is 24.5 Å².